The van der Waals surface area contributed by atoms with Gasteiger partial charge in [-0.1, -0.05) is 12.1 Å². The Balaban J connectivity index is 2.89. The van der Waals surface area contributed by atoms with Gasteiger partial charge in [0.05, 0.1) is 0 Å². The Kier molecular flexibility index (Phi) is 3.26. The van der Waals surface area contributed by atoms with Gasteiger partial charge >= 0.3 is 6.36 Å². The van der Waals surface area contributed by atoms with Crippen LogP contribution in [-0.2, 0) is 5.88 Å². The van der Waals surface area contributed by atoms with Crippen molar-refractivity contribution >= 4 is 11.6 Å². The molecule has 0 spiro atoms. The minimum Gasteiger partial charge on any atom is -0.406 e. The number of benzene rings is 1. The molecule has 0 atom stereocenters. The van der Waals surface area contributed by atoms with Crippen LogP contribution < -0.4 is 4.74 Å². The largest absolute Gasteiger partial charge is 0.573 e. The van der Waals surface area contributed by atoms with Crippen molar-refractivity contribution in [1.29, 1.82) is 0 Å². The summed E-state index contributed by atoms with van der Waals surface area (Å²) in [7, 11) is 0. The van der Waals surface area contributed by atoms with Gasteiger partial charge in [-0.15, -0.1) is 24.8 Å². The average Bonchev–Trinajstić information content (AvgIpc) is 2.06. The van der Waals surface area contributed by atoms with Crippen LogP contribution in [0.4, 0.5) is 13.2 Å². The van der Waals surface area contributed by atoms with E-state index in [-0.39, 0.29) is 11.6 Å². The van der Waals surface area contributed by atoms with E-state index in [0.29, 0.717) is 5.56 Å². The van der Waals surface area contributed by atoms with E-state index in [0.717, 1.165) is 5.56 Å². The van der Waals surface area contributed by atoms with Crippen LogP contribution in [0.1, 0.15) is 11.1 Å². The van der Waals surface area contributed by atoms with Gasteiger partial charge in [0.25, 0.3) is 0 Å². The van der Waals surface area contributed by atoms with Crippen molar-refractivity contribution in [2.24, 2.45) is 0 Å². The lowest BCUT2D eigenvalue weighted by Gasteiger charge is -2.11. The van der Waals surface area contributed by atoms with Crippen LogP contribution in [-0.4, -0.2) is 6.36 Å². The van der Waals surface area contributed by atoms with Gasteiger partial charge in [-0.05, 0) is 24.1 Å². The molecule has 78 valence electrons. The number of ether oxygens (including phenoxy) is 1. The van der Waals surface area contributed by atoms with Crippen molar-refractivity contribution in [1.82, 2.24) is 0 Å². The standard InChI is InChI=1S/C9H8ClF3O/c1-6-4-7(5-10)2-3-8(6)14-9(11,12)13/h2-4H,5H2,1H3. The molecule has 0 unspecified atom stereocenters. The predicted octanol–water partition coefficient (Wildman–Crippen LogP) is 3.63. The maximum atomic E-state index is 11.9. The van der Waals surface area contributed by atoms with Crippen LogP contribution in [0.2, 0.25) is 0 Å². The Morgan fingerprint density at radius 2 is 2.00 bits per heavy atom. The van der Waals surface area contributed by atoms with E-state index >= 15 is 0 Å². The summed E-state index contributed by atoms with van der Waals surface area (Å²) in [6.07, 6.45) is -4.65. The van der Waals surface area contributed by atoms with E-state index in [1.165, 1.54) is 19.1 Å². The lowest BCUT2D eigenvalue weighted by atomic mass is 10.1. The van der Waals surface area contributed by atoms with Crippen molar-refractivity contribution in [3.8, 4) is 5.75 Å². The molecule has 0 N–H and O–H groups in total. The molecule has 0 aliphatic rings. The summed E-state index contributed by atoms with van der Waals surface area (Å²) in [5, 5.41) is 0. The lowest BCUT2D eigenvalue weighted by molar-refractivity contribution is -0.274. The van der Waals surface area contributed by atoms with Crippen LogP contribution in [0.15, 0.2) is 18.2 Å². The van der Waals surface area contributed by atoms with Gasteiger partial charge in [0.2, 0.25) is 0 Å². The molecule has 0 saturated heterocycles. The normalized spacial score (nSPS) is 11.5. The fraction of sp³-hybridized carbons (Fsp3) is 0.333. The van der Waals surface area contributed by atoms with Crippen molar-refractivity contribution < 1.29 is 17.9 Å². The summed E-state index contributed by atoms with van der Waals surface area (Å²) in [5.74, 6) is 0.0824. The first-order valence-corrected chi connectivity index (χ1v) is 4.37. The van der Waals surface area contributed by atoms with Gasteiger partial charge in [0.15, 0.2) is 0 Å². The fourth-order valence-electron chi connectivity index (χ4n) is 1.03. The summed E-state index contributed by atoms with van der Waals surface area (Å²) < 4.78 is 39.4. The van der Waals surface area contributed by atoms with E-state index in [4.69, 9.17) is 11.6 Å². The molecule has 1 nitrogen and oxygen atoms in total. The molecule has 14 heavy (non-hydrogen) atoms. The first-order chi connectivity index (χ1) is 6.42. The van der Waals surface area contributed by atoms with Crippen molar-refractivity contribution in [2.45, 2.75) is 19.2 Å². The predicted molar refractivity (Wildman–Crippen MR) is 47.4 cm³/mol. The molecule has 0 aromatic heterocycles. The third kappa shape index (κ3) is 3.10. The molecule has 1 rings (SSSR count). The molecule has 0 bridgehead atoms. The number of hydrogen-bond acceptors (Lipinski definition) is 1. The molecular weight excluding hydrogens is 217 g/mol. The molecule has 0 radical (unpaired) electrons. The number of alkyl halides is 4. The summed E-state index contributed by atoms with van der Waals surface area (Å²) in [5.41, 5.74) is 1.18. The minimum absolute atomic E-state index is 0.189. The van der Waals surface area contributed by atoms with Crippen LogP contribution in [0, 0.1) is 6.92 Å². The van der Waals surface area contributed by atoms with Gasteiger partial charge in [-0.2, -0.15) is 0 Å². The number of aryl methyl sites for hydroxylation is 1. The maximum Gasteiger partial charge on any atom is 0.573 e. The zero-order valence-corrected chi connectivity index (χ0v) is 8.12. The second-order valence-electron chi connectivity index (χ2n) is 2.78. The molecule has 0 fully saturated rings. The van der Waals surface area contributed by atoms with Gasteiger partial charge in [-0.25, -0.2) is 0 Å². The Bertz CT molecular complexity index is 322. The summed E-state index contributed by atoms with van der Waals surface area (Å²) in [4.78, 5) is 0. The van der Waals surface area contributed by atoms with Crippen LogP contribution >= 0.6 is 11.6 Å². The first kappa shape index (κ1) is 11.2. The van der Waals surface area contributed by atoms with Crippen LogP contribution in [0.3, 0.4) is 0 Å². The van der Waals surface area contributed by atoms with Gasteiger partial charge in [0.1, 0.15) is 5.75 Å². The molecule has 1 aromatic carbocycles. The second kappa shape index (κ2) is 4.09. The smallest absolute Gasteiger partial charge is 0.406 e. The Morgan fingerprint density at radius 3 is 2.43 bits per heavy atom. The molecular formula is C9H8ClF3O. The average molecular weight is 225 g/mol. The Morgan fingerprint density at radius 1 is 1.36 bits per heavy atom. The highest BCUT2D eigenvalue weighted by Gasteiger charge is 2.31. The number of rotatable bonds is 2. The quantitative estimate of drug-likeness (QED) is 0.697. The molecule has 0 saturated carbocycles. The SMILES string of the molecule is Cc1cc(CCl)ccc1OC(F)(F)F. The molecule has 0 aliphatic heterocycles. The zero-order valence-electron chi connectivity index (χ0n) is 7.36. The zero-order chi connectivity index (χ0) is 10.8. The van der Waals surface area contributed by atoms with E-state index < -0.39 is 6.36 Å². The summed E-state index contributed by atoms with van der Waals surface area (Å²) >= 11 is 5.52. The summed E-state index contributed by atoms with van der Waals surface area (Å²) in [6, 6.07) is 4.33. The number of hydrogen-bond donors (Lipinski definition) is 0. The maximum absolute atomic E-state index is 11.9. The fourth-order valence-corrected chi connectivity index (χ4v) is 1.20. The number of halogens is 4. The highest BCUT2D eigenvalue weighted by molar-refractivity contribution is 6.17. The van der Waals surface area contributed by atoms with Crippen molar-refractivity contribution in [3.63, 3.8) is 0 Å². The van der Waals surface area contributed by atoms with Crippen LogP contribution in [0.25, 0.3) is 0 Å². The Labute approximate surface area is 84.4 Å². The van der Waals surface area contributed by atoms with Gasteiger partial charge in [0, 0.05) is 5.88 Å². The molecule has 5 heteroatoms. The molecule has 0 heterocycles. The second-order valence-corrected chi connectivity index (χ2v) is 3.05. The van der Waals surface area contributed by atoms with E-state index in [9.17, 15) is 13.2 Å². The molecule has 1 aromatic rings. The third-order valence-corrected chi connectivity index (χ3v) is 1.93. The van der Waals surface area contributed by atoms with Gasteiger partial charge in [-0.3, -0.25) is 0 Å². The molecule has 0 aliphatic carbocycles. The molecule has 0 amide bonds. The van der Waals surface area contributed by atoms with E-state index in [1.54, 1.807) is 6.07 Å². The third-order valence-electron chi connectivity index (χ3n) is 1.62. The Hall–Kier alpha value is -0.900. The lowest BCUT2D eigenvalue weighted by Crippen LogP contribution is -2.17. The minimum atomic E-state index is -4.65. The monoisotopic (exact) mass is 224 g/mol. The summed E-state index contributed by atoms with van der Waals surface area (Å²) in [6.45, 7) is 1.54. The van der Waals surface area contributed by atoms with E-state index in [1.807, 2.05) is 0 Å². The van der Waals surface area contributed by atoms with E-state index in [2.05, 4.69) is 4.74 Å². The highest BCUT2D eigenvalue weighted by atomic mass is 35.5. The topological polar surface area (TPSA) is 9.23 Å². The first-order valence-electron chi connectivity index (χ1n) is 3.83. The van der Waals surface area contributed by atoms with Crippen molar-refractivity contribution in [2.75, 3.05) is 0 Å². The highest BCUT2D eigenvalue weighted by Crippen LogP contribution is 2.26. The van der Waals surface area contributed by atoms with Crippen LogP contribution in [0.5, 0.6) is 5.75 Å². The van der Waals surface area contributed by atoms with Gasteiger partial charge < -0.3 is 4.74 Å². The van der Waals surface area contributed by atoms with Crippen molar-refractivity contribution in [3.05, 3.63) is 29.3 Å².